The number of hydrogen-bond acceptors (Lipinski definition) is 2. The Kier molecular flexibility index (Phi) is 4.40. The van der Waals surface area contributed by atoms with E-state index in [2.05, 4.69) is 54.3 Å². The predicted molar refractivity (Wildman–Crippen MR) is 95.6 cm³/mol. The summed E-state index contributed by atoms with van der Waals surface area (Å²) < 4.78 is 7.87. The lowest BCUT2D eigenvalue weighted by Gasteiger charge is -2.22. The summed E-state index contributed by atoms with van der Waals surface area (Å²) in [6.45, 7) is 3.82. The fourth-order valence-electron chi connectivity index (χ4n) is 3.20. The average Bonchev–Trinajstić information content (AvgIpc) is 3.37. The van der Waals surface area contributed by atoms with E-state index in [9.17, 15) is 0 Å². The van der Waals surface area contributed by atoms with Gasteiger partial charge in [0, 0.05) is 29.8 Å². The predicted octanol–water partition coefficient (Wildman–Crippen LogP) is 4.19. The first-order valence-corrected chi connectivity index (χ1v) is 9.05. The fourth-order valence-corrected chi connectivity index (χ4v) is 3.20. The highest BCUT2D eigenvalue weighted by Crippen LogP contribution is 2.28. The minimum absolute atomic E-state index is 0.311. The summed E-state index contributed by atoms with van der Waals surface area (Å²) in [5, 5.41) is 4.68. The summed E-state index contributed by atoms with van der Waals surface area (Å²) in [7, 11) is 0. The third-order valence-electron chi connectivity index (χ3n) is 4.80. The maximum Gasteiger partial charge on any atom is 0.0770 e. The van der Waals surface area contributed by atoms with Crippen LogP contribution in [0, 0.1) is 24.7 Å². The van der Waals surface area contributed by atoms with Crippen LogP contribution < -0.4 is 0 Å². The molecule has 0 spiro atoms. The maximum absolute atomic E-state index is 5.83. The maximum atomic E-state index is 5.83. The molecule has 3 heteroatoms. The van der Waals surface area contributed by atoms with Gasteiger partial charge in [0.05, 0.1) is 18.3 Å². The van der Waals surface area contributed by atoms with Crippen molar-refractivity contribution in [2.45, 2.75) is 51.7 Å². The topological polar surface area (TPSA) is 27.1 Å². The number of aromatic nitrogens is 2. The van der Waals surface area contributed by atoms with Crippen molar-refractivity contribution in [3.63, 3.8) is 0 Å². The van der Waals surface area contributed by atoms with Crippen molar-refractivity contribution in [3.05, 3.63) is 41.7 Å². The molecule has 4 rings (SSSR count). The molecule has 0 N–H and O–H groups in total. The van der Waals surface area contributed by atoms with Gasteiger partial charge in [-0.1, -0.05) is 24.0 Å². The molecule has 0 radical (unpaired) electrons. The van der Waals surface area contributed by atoms with E-state index in [4.69, 9.17) is 4.74 Å². The van der Waals surface area contributed by atoms with Gasteiger partial charge in [-0.2, -0.15) is 5.10 Å². The van der Waals surface area contributed by atoms with Gasteiger partial charge < -0.3 is 4.74 Å². The summed E-state index contributed by atoms with van der Waals surface area (Å²) in [4.78, 5) is 0. The van der Waals surface area contributed by atoms with Gasteiger partial charge in [0.2, 0.25) is 0 Å². The van der Waals surface area contributed by atoms with Gasteiger partial charge >= 0.3 is 0 Å². The zero-order valence-corrected chi connectivity index (χ0v) is 14.3. The lowest BCUT2D eigenvalue weighted by atomic mass is 10.0. The minimum Gasteiger partial charge on any atom is -0.376 e. The van der Waals surface area contributed by atoms with E-state index >= 15 is 0 Å². The highest BCUT2D eigenvalue weighted by Gasteiger charge is 2.18. The van der Waals surface area contributed by atoms with Crippen LogP contribution in [0.3, 0.4) is 0 Å². The quantitative estimate of drug-likeness (QED) is 0.793. The normalized spacial score (nSPS) is 20.5. The van der Waals surface area contributed by atoms with Crippen molar-refractivity contribution in [2.75, 3.05) is 6.61 Å². The SMILES string of the molecule is Cc1nn(CC2CCCCO2)cc1-c1ccc(C#CC2CC2)cc1. The molecule has 1 aromatic heterocycles. The second-order valence-electron chi connectivity index (χ2n) is 6.96. The summed E-state index contributed by atoms with van der Waals surface area (Å²) in [6, 6.07) is 8.54. The Hall–Kier alpha value is -2.05. The van der Waals surface area contributed by atoms with Crippen LogP contribution in [-0.2, 0) is 11.3 Å². The van der Waals surface area contributed by atoms with Crippen LogP contribution in [0.1, 0.15) is 43.4 Å². The summed E-state index contributed by atoms with van der Waals surface area (Å²) in [5.74, 6) is 7.23. The summed E-state index contributed by atoms with van der Waals surface area (Å²) in [5.41, 5.74) is 4.58. The van der Waals surface area contributed by atoms with Crippen molar-refractivity contribution < 1.29 is 4.74 Å². The Morgan fingerprint density at radius 3 is 2.71 bits per heavy atom. The van der Waals surface area contributed by atoms with Gasteiger partial charge in [-0.15, -0.1) is 0 Å². The lowest BCUT2D eigenvalue weighted by molar-refractivity contribution is 0.00396. The van der Waals surface area contributed by atoms with Crippen molar-refractivity contribution in [2.24, 2.45) is 5.92 Å². The van der Waals surface area contributed by atoms with E-state index in [1.54, 1.807) is 0 Å². The van der Waals surface area contributed by atoms with Crippen molar-refractivity contribution >= 4 is 0 Å². The van der Waals surface area contributed by atoms with E-state index in [1.807, 2.05) is 4.68 Å². The molecule has 1 unspecified atom stereocenters. The molecule has 1 aliphatic heterocycles. The molecule has 2 fully saturated rings. The second kappa shape index (κ2) is 6.83. The molecule has 2 heterocycles. The zero-order chi connectivity index (χ0) is 16.4. The standard InChI is InChI=1S/C21H24N2O/c1-16-21(15-23(22-16)14-20-4-2-3-13-24-20)19-11-9-18(10-12-19)8-7-17-5-6-17/h9-12,15,17,20H,2-6,13-14H2,1H3. The van der Waals surface area contributed by atoms with Crippen LogP contribution in [0.2, 0.25) is 0 Å². The number of rotatable bonds is 3. The molecule has 0 bridgehead atoms. The molecule has 1 saturated heterocycles. The number of nitrogens with zero attached hydrogens (tertiary/aromatic N) is 2. The van der Waals surface area contributed by atoms with Gasteiger partial charge in [0.25, 0.3) is 0 Å². The number of hydrogen-bond donors (Lipinski definition) is 0. The number of ether oxygens (including phenoxy) is 1. The Labute approximate surface area is 144 Å². The van der Waals surface area contributed by atoms with Crippen LogP contribution >= 0.6 is 0 Å². The van der Waals surface area contributed by atoms with E-state index < -0.39 is 0 Å². The molecular formula is C21H24N2O. The molecule has 1 atom stereocenters. The highest BCUT2D eigenvalue weighted by molar-refractivity contribution is 5.66. The third kappa shape index (κ3) is 3.71. The fraction of sp³-hybridized carbons (Fsp3) is 0.476. The third-order valence-corrected chi connectivity index (χ3v) is 4.80. The summed E-state index contributed by atoms with van der Waals surface area (Å²) >= 11 is 0. The van der Waals surface area contributed by atoms with Crippen LogP contribution in [0.15, 0.2) is 30.5 Å². The molecule has 1 aromatic carbocycles. The van der Waals surface area contributed by atoms with Gasteiger partial charge in [-0.3, -0.25) is 4.68 Å². The Morgan fingerprint density at radius 2 is 2.00 bits per heavy atom. The van der Waals surface area contributed by atoms with E-state index in [0.29, 0.717) is 12.0 Å². The molecule has 1 aliphatic carbocycles. The minimum atomic E-state index is 0.311. The number of aryl methyl sites for hydroxylation is 1. The van der Waals surface area contributed by atoms with Gasteiger partial charge in [0.15, 0.2) is 0 Å². The first-order valence-electron chi connectivity index (χ1n) is 9.05. The molecular weight excluding hydrogens is 296 g/mol. The van der Waals surface area contributed by atoms with Crippen LogP contribution in [-0.4, -0.2) is 22.5 Å². The lowest BCUT2D eigenvalue weighted by Crippen LogP contribution is -2.24. The Bertz CT molecular complexity index is 753. The van der Waals surface area contributed by atoms with Gasteiger partial charge in [0.1, 0.15) is 0 Å². The highest BCUT2D eigenvalue weighted by atomic mass is 16.5. The first kappa shape index (κ1) is 15.5. The first-order chi connectivity index (χ1) is 11.8. The van der Waals surface area contributed by atoms with E-state index in [0.717, 1.165) is 30.8 Å². The molecule has 2 aliphatic rings. The van der Waals surface area contributed by atoms with E-state index in [-0.39, 0.29) is 0 Å². The van der Waals surface area contributed by atoms with Crippen LogP contribution in [0.5, 0.6) is 0 Å². The largest absolute Gasteiger partial charge is 0.376 e. The molecule has 124 valence electrons. The van der Waals surface area contributed by atoms with E-state index in [1.165, 1.54) is 36.8 Å². The van der Waals surface area contributed by atoms with Gasteiger partial charge in [-0.25, -0.2) is 0 Å². The Balaban J connectivity index is 1.48. The smallest absolute Gasteiger partial charge is 0.0770 e. The zero-order valence-electron chi connectivity index (χ0n) is 14.3. The van der Waals surface area contributed by atoms with Gasteiger partial charge in [-0.05, 0) is 56.7 Å². The summed E-state index contributed by atoms with van der Waals surface area (Å²) in [6.07, 6.45) is 8.60. The molecule has 0 amide bonds. The number of benzene rings is 1. The van der Waals surface area contributed by atoms with Crippen molar-refractivity contribution in [1.29, 1.82) is 0 Å². The molecule has 3 nitrogen and oxygen atoms in total. The average molecular weight is 320 g/mol. The monoisotopic (exact) mass is 320 g/mol. The van der Waals surface area contributed by atoms with Crippen molar-refractivity contribution in [1.82, 2.24) is 9.78 Å². The molecule has 24 heavy (non-hydrogen) atoms. The van der Waals surface area contributed by atoms with Crippen LogP contribution in [0.25, 0.3) is 11.1 Å². The van der Waals surface area contributed by atoms with Crippen molar-refractivity contribution in [3.8, 4) is 23.0 Å². The molecule has 2 aromatic rings. The van der Waals surface area contributed by atoms with Crippen LogP contribution in [0.4, 0.5) is 0 Å². The Morgan fingerprint density at radius 1 is 1.17 bits per heavy atom. The molecule has 1 saturated carbocycles. The second-order valence-corrected chi connectivity index (χ2v) is 6.96.